The lowest BCUT2D eigenvalue weighted by atomic mass is 9.63. The van der Waals surface area contributed by atoms with Crippen molar-refractivity contribution in [2.24, 2.45) is 17.8 Å². The third-order valence-electron chi connectivity index (χ3n) is 14.2. The number of rotatable bonds is 3. The Balaban J connectivity index is 1.18. The molecular weight excluding hydrogens is 723 g/mol. The van der Waals surface area contributed by atoms with Gasteiger partial charge in [0.15, 0.2) is 0 Å². The molecule has 1 unspecified atom stereocenters. The van der Waals surface area contributed by atoms with Gasteiger partial charge in [0.25, 0.3) is 5.91 Å². The maximum atomic E-state index is 14.6. The average Bonchev–Trinajstić information content (AvgIpc) is 3.28. The molecule has 8 nitrogen and oxygen atoms in total. The summed E-state index contributed by atoms with van der Waals surface area (Å²) in [7, 11) is -1.12. The quantitative estimate of drug-likeness (QED) is 0.275. The van der Waals surface area contributed by atoms with Crippen LogP contribution in [-0.4, -0.2) is 108 Å². The van der Waals surface area contributed by atoms with Crippen molar-refractivity contribution in [2.45, 2.75) is 93.7 Å². The maximum Gasteiger partial charge on any atom is 0.262 e. The van der Waals surface area contributed by atoms with Crippen molar-refractivity contribution in [1.29, 1.82) is 0 Å². The van der Waals surface area contributed by atoms with Gasteiger partial charge in [-0.15, -0.1) is 0 Å². The number of anilines is 1. The Morgan fingerprint density at radius 2 is 1.96 bits per heavy atom. The van der Waals surface area contributed by atoms with Crippen LogP contribution in [0, 0.1) is 17.8 Å². The molecule has 2 saturated heterocycles. The molecule has 1 amide bonds. The van der Waals surface area contributed by atoms with E-state index in [1.165, 1.54) is 11.1 Å². The van der Waals surface area contributed by atoms with Crippen LogP contribution in [0.1, 0.15) is 80.3 Å². The number of halogens is 2. The molecule has 4 heterocycles. The summed E-state index contributed by atoms with van der Waals surface area (Å²) in [4.78, 5) is 21.3. The number of carbonyl (C=O) groups is 1. The first kappa shape index (κ1) is 38.3. The third kappa shape index (κ3) is 7.23. The van der Waals surface area contributed by atoms with E-state index in [2.05, 4.69) is 56.5 Å². The first-order valence-corrected chi connectivity index (χ1v) is 22.4. The van der Waals surface area contributed by atoms with Crippen molar-refractivity contribution in [3.05, 3.63) is 70.3 Å². The summed E-state index contributed by atoms with van der Waals surface area (Å²) in [6.07, 6.45) is 10.9. The molecule has 0 radical (unpaired) electrons. The van der Waals surface area contributed by atoms with E-state index >= 15 is 0 Å². The highest BCUT2D eigenvalue weighted by Crippen LogP contribution is 2.49. The van der Waals surface area contributed by atoms with Crippen LogP contribution in [0.2, 0.25) is 5.02 Å². The summed E-state index contributed by atoms with van der Waals surface area (Å²) < 4.78 is 45.0. The maximum absolute atomic E-state index is 14.6. The summed E-state index contributed by atoms with van der Waals surface area (Å²) >= 11 is 6.52. The smallest absolute Gasteiger partial charge is 0.262 e. The number of ether oxygens (including phenoxy) is 2. The molecule has 294 valence electrons. The van der Waals surface area contributed by atoms with E-state index in [0.717, 1.165) is 94.4 Å². The highest BCUT2D eigenvalue weighted by molar-refractivity contribution is 7.99. The summed E-state index contributed by atoms with van der Waals surface area (Å²) in [6, 6.07) is 12.2. The number of hydrogen-bond acceptors (Lipinski definition) is 7. The number of methoxy groups -OCH3 is 1. The first-order chi connectivity index (χ1) is 25.9. The van der Waals surface area contributed by atoms with E-state index in [0.29, 0.717) is 37.4 Å². The number of allylic oxidation sites excluding steroid dienone is 1. The minimum Gasteiger partial charge on any atom is -0.490 e. The number of nitrogens with zero attached hydrogens (tertiary/aromatic N) is 3. The van der Waals surface area contributed by atoms with Gasteiger partial charge in [0.2, 0.25) is 0 Å². The van der Waals surface area contributed by atoms with Crippen LogP contribution in [-0.2, 0) is 26.3 Å². The Kier molecular flexibility index (Phi) is 10.6. The average molecular weight is 781 g/mol. The number of benzene rings is 2. The standard InChI is InChI=1S/C43H58ClFN4O4S/c1-29-7-5-17-43(52-3,27-47-19-20-48-18-15-35(45)23-36(48)25-47)38-12-9-33(38)24-49-26-42(16-6-8-31-21-34(44)11-13-37(31)42)28-53-40-14-10-32(22-39(40)49)41(50)46-54(4,51)30(29)2/h5,10-11,13-14,17,21-22,29-30,33,35-36,38H,4,6-9,12,15-16,18-20,23-28H2,1-3H3,(H,46,50,51)/b17-5+/t29-,30+,33-,35-,36-,38+,42-,43-,54?/m0/s1. The second-order valence-corrected chi connectivity index (χ2v) is 20.3. The van der Waals surface area contributed by atoms with Gasteiger partial charge in [-0.3, -0.25) is 19.3 Å². The molecule has 3 fully saturated rings. The van der Waals surface area contributed by atoms with E-state index in [-0.39, 0.29) is 34.4 Å². The number of amides is 1. The highest BCUT2D eigenvalue weighted by atomic mass is 35.5. The molecule has 2 aliphatic carbocycles. The van der Waals surface area contributed by atoms with Crippen molar-refractivity contribution in [3.8, 4) is 5.75 Å². The fraction of sp³-hybridized carbons (Fsp3) is 0.628. The lowest BCUT2D eigenvalue weighted by Gasteiger charge is -2.53. The van der Waals surface area contributed by atoms with Gasteiger partial charge in [0.1, 0.15) is 17.5 Å². The van der Waals surface area contributed by atoms with Crippen LogP contribution in [0.4, 0.5) is 10.1 Å². The van der Waals surface area contributed by atoms with Crippen LogP contribution in [0.15, 0.2) is 48.6 Å². The Morgan fingerprint density at radius 3 is 2.76 bits per heavy atom. The van der Waals surface area contributed by atoms with Crippen LogP contribution in [0.25, 0.3) is 0 Å². The molecule has 9 atom stereocenters. The fourth-order valence-corrected chi connectivity index (χ4v) is 12.3. The molecule has 6 aliphatic rings. The molecule has 11 heteroatoms. The Morgan fingerprint density at radius 1 is 1.11 bits per heavy atom. The number of piperidine rings is 1. The van der Waals surface area contributed by atoms with Gasteiger partial charge < -0.3 is 14.4 Å². The van der Waals surface area contributed by atoms with Crippen LogP contribution < -0.4 is 14.4 Å². The summed E-state index contributed by atoms with van der Waals surface area (Å²) in [5.74, 6) is 5.03. The number of aryl methyl sites for hydroxylation is 1. The predicted octanol–water partition coefficient (Wildman–Crippen LogP) is 6.69. The zero-order valence-corrected chi connectivity index (χ0v) is 33.8. The van der Waals surface area contributed by atoms with Gasteiger partial charge in [-0.05, 0) is 123 Å². The van der Waals surface area contributed by atoms with Gasteiger partial charge in [-0.2, -0.15) is 0 Å². The fourth-order valence-electron chi connectivity index (χ4n) is 10.6. The molecule has 54 heavy (non-hydrogen) atoms. The SMILES string of the molecule is C=S1(=O)NC(=O)c2ccc3c(c2)N(C[C@@H]2CC[C@H]2[C@](CN2CCN4CC[C@H](F)C[C@H]4C2)(OC)/C=C/C[C@H](C)[C@H]1C)C[C@@]1(CCCc2cc(Cl)ccc21)CO3. The second-order valence-electron chi connectivity index (χ2n) is 17.4. The summed E-state index contributed by atoms with van der Waals surface area (Å²) in [6.45, 7) is 10.4. The van der Waals surface area contributed by atoms with Gasteiger partial charge in [-0.25, -0.2) is 8.60 Å². The molecule has 1 saturated carbocycles. The largest absolute Gasteiger partial charge is 0.490 e. The number of fused-ring (bicyclic) bond motifs is 5. The second kappa shape index (κ2) is 15.0. The Hall–Kier alpha value is -2.63. The zero-order valence-electron chi connectivity index (χ0n) is 32.2. The molecule has 2 aromatic rings. The topological polar surface area (TPSA) is 74.4 Å². The van der Waals surface area contributed by atoms with E-state index in [9.17, 15) is 13.4 Å². The van der Waals surface area contributed by atoms with Crippen LogP contribution >= 0.6 is 11.6 Å². The molecule has 8 rings (SSSR count). The number of piperazine rings is 1. The summed E-state index contributed by atoms with van der Waals surface area (Å²) in [5, 5.41) is 0.395. The monoisotopic (exact) mass is 780 g/mol. The molecular formula is C43H58ClFN4O4S. The first-order valence-electron chi connectivity index (χ1n) is 20.2. The Labute approximate surface area is 326 Å². The molecule has 1 N–H and O–H groups in total. The van der Waals surface area contributed by atoms with E-state index in [1.54, 1.807) is 6.07 Å². The van der Waals surface area contributed by atoms with Crippen molar-refractivity contribution in [1.82, 2.24) is 14.5 Å². The van der Waals surface area contributed by atoms with Crippen molar-refractivity contribution < 1.29 is 22.9 Å². The minimum atomic E-state index is -2.98. The number of alkyl halides is 1. The van der Waals surface area contributed by atoms with Crippen molar-refractivity contribution >= 4 is 38.8 Å². The van der Waals surface area contributed by atoms with Crippen LogP contribution in [0.3, 0.4) is 0 Å². The summed E-state index contributed by atoms with van der Waals surface area (Å²) in [5.41, 5.74) is 3.13. The molecule has 0 aromatic heterocycles. The Bertz CT molecular complexity index is 1880. The van der Waals surface area contributed by atoms with E-state index < -0.39 is 21.5 Å². The lowest BCUT2D eigenvalue weighted by molar-refractivity contribution is -0.101. The normalized spacial score (nSPS) is 38.2. The van der Waals surface area contributed by atoms with Gasteiger partial charge in [-0.1, -0.05) is 36.7 Å². The molecule has 2 bridgehead atoms. The van der Waals surface area contributed by atoms with E-state index in [1.807, 2.05) is 32.2 Å². The molecule has 4 aliphatic heterocycles. The van der Waals surface area contributed by atoms with Gasteiger partial charge in [0, 0.05) is 80.2 Å². The predicted molar refractivity (Wildman–Crippen MR) is 217 cm³/mol. The van der Waals surface area contributed by atoms with Crippen LogP contribution in [0.5, 0.6) is 5.75 Å². The van der Waals surface area contributed by atoms with E-state index in [4.69, 9.17) is 21.1 Å². The number of nitrogens with one attached hydrogen (secondary N) is 1. The highest BCUT2D eigenvalue weighted by Gasteiger charge is 2.50. The number of hydrogen-bond donors (Lipinski definition) is 1. The minimum absolute atomic E-state index is 0.00107. The van der Waals surface area contributed by atoms with Gasteiger partial charge in [0.05, 0.1) is 22.0 Å². The number of carbonyl (C=O) groups excluding carboxylic acids is 1. The zero-order chi connectivity index (χ0) is 37.8. The molecule has 2 aromatic carbocycles. The third-order valence-corrected chi connectivity index (χ3v) is 16.6. The van der Waals surface area contributed by atoms with Gasteiger partial charge >= 0.3 is 0 Å². The van der Waals surface area contributed by atoms with Crippen molar-refractivity contribution in [3.63, 3.8) is 0 Å². The lowest BCUT2D eigenvalue weighted by Crippen LogP contribution is -2.62. The van der Waals surface area contributed by atoms with Crippen molar-refractivity contribution in [2.75, 3.05) is 64.4 Å². The molecule has 1 spiro atoms.